The average molecular weight is 491 g/mol. The van der Waals surface area contributed by atoms with Gasteiger partial charge in [0.2, 0.25) is 5.91 Å². The van der Waals surface area contributed by atoms with E-state index in [-0.39, 0.29) is 18.1 Å². The van der Waals surface area contributed by atoms with Crippen molar-refractivity contribution < 1.29 is 23.9 Å². The van der Waals surface area contributed by atoms with E-state index in [2.05, 4.69) is 10.3 Å². The molecular weight excluding hydrogens is 468 g/mol. The molecule has 0 aliphatic rings. The molecule has 1 aromatic heterocycles. The lowest BCUT2D eigenvalue weighted by Crippen LogP contribution is -2.22. The van der Waals surface area contributed by atoms with Crippen molar-refractivity contribution >= 4 is 51.7 Å². The van der Waals surface area contributed by atoms with E-state index in [0.29, 0.717) is 33.5 Å². The minimum atomic E-state index is -0.635. The lowest BCUT2D eigenvalue weighted by Gasteiger charge is -2.18. The highest BCUT2D eigenvalue weighted by Crippen LogP contribution is 2.30. The molecule has 1 N–H and O–H groups in total. The molecule has 0 atom stereocenters. The van der Waals surface area contributed by atoms with Crippen LogP contribution >= 0.6 is 11.3 Å². The fourth-order valence-electron chi connectivity index (χ4n) is 3.00. The molecule has 0 aliphatic carbocycles. The molecule has 0 spiro atoms. The van der Waals surface area contributed by atoms with Gasteiger partial charge in [0.15, 0.2) is 5.13 Å². The molecule has 0 unspecified atom stereocenters. The summed E-state index contributed by atoms with van der Waals surface area (Å²) in [5.74, 6) is -0.689. The standard InChI is InChI=1S/C25H22N4O5S/c1-4-34-24(32)17-5-7-19(8-6-17)27-23(31)18(14-26)13-20-15-35-25(28-20)29(16(2)30)21-9-11-22(33-3)12-10-21/h5-13,15H,4H2,1-3H3,(H,27,31)/b18-13+. The Hall–Kier alpha value is -4.49. The number of amides is 2. The molecule has 9 nitrogen and oxygen atoms in total. The zero-order valence-electron chi connectivity index (χ0n) is 19.3. The van der Waals surface area contributed by atoms with Crippen LogP contribution in [0, 0.1) is 11.3 Å². The van der Waals surface area contributed by atoms with Gasteiger partial charge >= 0.3 is 5.97 Å². The Morgan fingerprint density at radius 3 is 2.40 bits per heavy atom. The first-order chi connectivity index (χ1) is 16.9. The summed E-state index contributed by atoms with van der Waals surface area (Å²) >= 11 is 1.20. The number of carbonyl (C=O) groups excluding carboxylic acids is 3. The van der Waals surface area contributed by atoms with Crippen molar-refractivity contribution in [3.05, 3.63) is 70.7 Å². The third-order valence-electron chi connectivity index (χ3n) is 4.66. The Bertz CT molecular complexity index is 1290. The van der Waals surface area contributed by atoms with Gasteiger partial charge in [-0.1, -0.05) is 0 Å². The molecule has 3 rings (SSSR count). The Labute approximate surface area is 206 Å². The SMILES string of the molecule is CCOC(=O)c1ccc(NC(=O)/C(C#N)=C/c2csc(N(C(C)=O)c3ccc(OC)cc3)n2)cc1. The second-order valence-electron chi connectivity index (χ2n) is 7.03. The smallest absolute Gasteiger partial charge is 0.338 e. The van der Waals surface area contributed by atoms with E-state index in [1.165, 1.54) is 41.4 Å². The van der Waals surface area contributed by atoms with Crippen LogP contribution in [-0.2, 0) is 14.3 Å². The maximum atomic E-state index is 12.6. The summed E-state index contributed by atoms with van der Waals surface area (Å²) in [6, 6.07) is 14.9. The normalized spacial score (nSPS) is 10.7. The van der Waals surface area contributed by atoms with Crippen molar-refractivity contribution in [3.8, 4) is 11.8 Å². The largest absolute Gasteiger partial charge is 0.497 e. The number of nitrogens with one attached hydrogen (secondary N) is 1. The van der Waals surface area contributed by atoms with Crippen molar-refractivity contribution in [2.75, 3.05) is 23.9 Å². The average Bonchev–Trinajstić information content (AvgIpc) is 3.31. The van der Waals surface area contributed by atoms with E-state index in [1.54, 1.807) is 55.8 Å². The second-order valence-corrected chi connectivity index (χ2v) is 7.87. The van der Waals surface area contributed by atoms with E-state index >= 15 is 0 Å². The first-order valence-electron chi connectivity index (χ1n) is 10.5. The fourth-order valence-corrected chi connectivity index (χ4v) is 3.85. The molecule has 2 aromatic carbocycles. The zero-order valence-corrected chi connectivity index (χ0v) is 20.1. The number of esters is 1. The molecule has 0 saturated carbocycles. The third kappa shape index (κ3) is 6.31. The topological polar surface area (TPSA) is 122 Å². The number of methoxy groups -OCH3 is 1. The first kappa shape index (κ1) is 25.1. The summed E-state index contributed by atoms with van der Waals surface area (Å²) in [6.45, 7) is 3.39. The van der Waals surface area contributed by atoms with Crippen LogP contribution in [0.3, 0.4) is 0 Å². The van der Waals surface area contributed by atoms with Gasteiger partial charge in [0.25, 0.3) is 5.91 Å². The Kier molecular flexibility index (Phi) is 8.32. The van der Waals surface area contributed by atoms with Gasteiger partial charge in [0, 0.05) is 18.0 Å². The van der Waals surface area contributed by atoms with Crippen LogP contribution in [0.5, 0.6) is 5.75 Å². The van der Waals surface area contributed by atoms with Crippen molar-refractivity contribution in [1.29, 1.82) is 5.26 Å². The van der Waals surface area contributed by atoms with Crippen molar-refractivity contribution in [2.24, 2.45) is 0 Å². The molecule has 0 saturated heterocycles. The van der Waals surface area contributed by atoms with E-state index in [9.17, 15) is 19.6 Å². The molecule has 0 radical (unpaired) electrons. The molecule has 35 heavy (non-hydrogen) atoms. The van der Waals surface area contributed by atoms with Crippen LogP contribution in [-0.4, -0.2) is 36.5 Å². The molecule has 3 aromatic rings. The van der Waals surface area contributed by atoms with Crippen LogP contribution in [0.15, 0.2) is 59.5 Å². The maximum absolute atomic E-state index is 12.6. The van der Waals surface area contributed by atoms with E-state index < -0.39 is 11.9 Å². The van der Waals surface area contributed by atoms with Crippen LogP contribution in [0.1, 0.15) is 29.9 Å². The summed E-state index contributed by atoms with van der Waals surface area (Å²) in [6.07, 6.45) is 1.34. The van der Waals surface area contributed by atoms with Gasteiger partial charge in [-0.3, -0.25) is 14.5 Å². The molecule has 1 heterocycles. The van der Waals surface area contributed by atoms with Gasteiger partial charge in [-0.25, -0.2) is 9.78 Å². The molecule has 2 amide bonds. The van der Waals surface area contributed by atoms with Gasteiger partial charge in [0.05, 0.1) is 30.7 Å². The predicted molar refractivity (Wildman–Crippen MR) is 133 cm³/mol. The van der Waals surface area contributed by atoms with Gasteiger partial charge in [-0.2, -0.15) is 5.26 Å². The van der Waals surface area contributed by atoms with Crippen molar-refractivity contribution in [3.63, 3.8) is 0 Å². The highest BCUT2D eigenvalue weighted by Gasteiger charge is 2.19. The number of aromatic nitrogens is 1. The summed E-state index contributed by atoms with van der Waals surface area (Å²) < 4.78 is 10.1. The summed E-state index contributed by atoms with van der Waals surface area (Å²) in [7, 11) is 1.55. The number of thiazole rings is 1. The predicted octanol–water partition coefficient (Wildman–Crippen LogP) is 4.56. The van der Waals surface area contributed by atoms with Crippen LogP contribution < -0.4 is 15.0 Å². The van der Waals surface area contributed by atoms with Gasteiger partial charge in [-0.05, 0) is 61.5 Å². The number of ether oxygens (including phenoxy) is 2. The molecule has 0 aliphatic heterocycles. The Balaban J connectivity index is 1.77. The molecule has 0 bridgehead atoms. The Morgan fingerprint density at radius 2 is 1.83 bits per heavy atom. The fraction of sp³-hybridized carbons (Fsp3) is 0.160. The minimum absolute atomic E-state index is 0.171. The number of nitrogens with zero attached hydrogens (tertiary/aromatic N) is 3. The summed E-state index contributed by atoms with van der Waals surface area (Å²) in [5.41, 5.74) is 1.55. The van der Waals surface area contributed by atoms with E-state index in [4.69, 9.17) is 9.47 Å². The highest BCUT2D eigenvalue weighted by molar-refractivity contribution is 7.14. The molecule has 10 heteroatoms. The lowest BCUT2D eigenvalue weighted by atomic mass is 10.2. The summed E-state index contributed by atoms with van der Waals surface area (Å²) in [4.78, 5) is 42.5. The second kappa shape index (κ2) is 11.6. The quantitative estimate of drug-likeness (QED) is 0.279. The number of carbonyl (C=O) groups is 3. The number of nitriles is 1. The molecule has 178 valence electrons. The number of rotatable bonds is 8. The lowest BCUT2D eigenvalue weighted by molar-refractivity contribution is -0.116. The number of hydrogen-bond acceptors (Lipinski definition) is 8. The van der Waals surface area contributed by atoms with Gasteiger partial charge in [-0.15, -0.1) is 11.3 Å². The van der Waals surface area contributed by atoms with Crippen LogP contribution in [0.2, 0.25) is 0 Å². The van der Waals surface area contributed by atoms with Gasteiger partial charge in [0.1, 0.15) is 17.4 Å². The summed E-state index contributed by atoms with van der Waals surface area (Å²) in [5, 5.41) is 14.2. The van der Waals surface area contributed by atoms with Crippen LogP contribution in [0.4, 0.5) is 16.5 Å². The van der Waals surface area contributed by atoms with Gasteiger partial charge < -0.3 is 14.8 Å². The van der Waals surface area contributed by atoms with Crippen molar-refractivity contribution in [1.82, 2.24) is 4.98 Å². The third-order valence-corrected chi connectivity index (χ3v) is 5.50. The van der Waals surface area contributed by atoms with Crippen molar-refractivity contribution in [2.45, 2.75) is 13.8 Å². The number of anilines is 3. The first-order valence-corrected chi connectivity index (χ1v) is 11.3. The molecular formula is C25H22N4O5S. The maximum Gasteiger partial charge on any atom is 0.338 e. The minimum Gasteiger partial charge on any atom is -0.497 e. The van der Waals surface area contributed by atoms with E-state index in [0.717, 1.165) is 0 Å². The monoisotopic (exact) mass is 490 g/mol. The molecule has 0 fully saturated rings. The van der Waals surface area contributed by atoms with E-state index in [1.807, 2.05) is 6.07 Å². The Morgan fingerprint density at radius 1 is 1.14 bits per heavy atom. The zero-order chi connectivity index (χ0) is 25.4. The highest BCUT2D eigenvalue weighted by atomic mass is 32.1. The van der Waals surface area contributed by atoms with Crippen LogP contribution in [0.25, 0.3) is 6.08 Å². The number of benzene rings is 2. The number of hydrogen-bond donors (Lipinski definition) is 1.